The zero-order valence-corrected chi connectivity index (χ0v) is 12.1. The summed E-state index contributed by atoms with van der Waals surface area (Å²) >= 11 is 0. The standard InChI is InChI=1S/C14H19NO3.ClH/c1-3-4-7-15-10(2)14(16)11-5-6-12-13(8-11)18-9-17-12;/h5-6,8,10,15H,3-4,7,9H2,1-2H3;1H. The van der Waals surface area contributed by atoms with Crippen LogP contribution in [0.5, 0.6) is 11.5 Å². The summed E-state index contributed by atoms with van der Waals surface area (Å²) in [6, 6.07) is 5.15. The first-order chi connectivity index (χ1) is 8.72. The Hall–Kier alpha value is -1.26. The Balaban J connectivity index is 0.00000180. The van der Waals surface area contributed by atoms with E-state index in [9.17, 15) is 4.79 Å². The van der Waals surface area contributed by atoms with E-state index in [0.29, 0.717) is 17.1 Å². The molecule has 19 heavy (non-hydrogen) atoms. The van der Waals surface area contributed by atoms with Gasteiger partial charge in [0, 0.05) is 5.56 Å². The summed E-state index contributed by atoms with van der Waals surface area (Å²) in [7, 11) is 0. The van der Waals surface area contributed by atoms with Gasteiger partial charge in [0.2, 0.25) is 6.79 Å². The number of carbonyl (C=O) groups excluding carboxylic acids is 1. The predicted octanol–water partition coefficient (Wildman–Crippen LogP) is 2.80. The van der Waals surface area contributed by atoms with Crippen molar-refractivity contribution in [3.8, 4) is 11.5 Å². The van der Waals surface area contributed by atoms with Gasteiger partial charge in [-0.3, -0.25) is 4.79 Å². The Labute approximate surface area is 119 Å². The van der Waals surface area contributed by atoms with Crippen LogP contribution in [0.1, 0.15) is 37.0 Å². The third-order valence-electron chi connectivity index (χ3n) is 3.03. The van der Waals surface area contributed by atoms with Gasteiger partial charge in [0.05, 0.1) is 6.04 Å². The van der Waals surface area contributed by atoms with E-state index in [1.54, 1.807) is 18.2 Å². The number of rotatable bonds is 6. The summed E-state index contributed by atoms with van der Waals surface area (Å²) in [6.45, 7) is 5.12. The minimum absolute atomic E-state index is 0. The monoisotopic (exact) mass is 285 g/mol. The van der Waals surface area contributed by atoms with Gasteiger partial charge in [0.1, 0.15) is 0 Å². The summed E-state index contributed by atoms with van der Waals surface area (Å²) in [4.78, 5) is 12.2. The highest BCUT2D eigenvalue weighted by Crippen LogP contribution is 2.32. The molecule has 1 aliphatic rings. The van der Waals surface area contributed by atoms with Crippen molar-refractivity contribution in [1.82, 2.24) is 5.32 Å². The minimum Gasteiger partial charge on any atom is -0.454 e. The van der Waals surface area contributed by atoms with E-state index in [0.717, 1.165) is 19.4 Å². The molecule has 0 saturated heterocycles. The molecule has 1 aromatic carbocycles. The third-order valence-corrected chi connectivity index (χ3v) is 3.03. The zero-order valence-electron chi connectivity index (χ0n) is 11.3. The molecule has 1 heterocycles. The summed E-state index contributed by atoms with van der Waals surface area (Å²) in [6.07, 6.45) is 2.21. The molecule has 1 aliphatic heterocycles. The summed E-state index contributed by atoms with van der Waals surface area (Å²) in [5.41, 5.74) is 0.663. The van der Waals surface area contributed by atoms with Gasteiger partial charge in [-0.1, -0.05) is 13.3 Å². The molecule has 4 nitrogen and oxygen atoms in total. The van der Waals surface area contributed by atoms with E-state index in [1.807, 2.05) is 6.92 Å². The maximum absolute atomic E-state index is 12.2. The van der Waals surface area contributed by atoms with Crippen molar-refractivity contribution in [2.45, 2.75) is 32.7 Å². The number of hydrogen-bond acceptors (Lipinski definition) is 4. The molecule has 0 amide bonds. The largest absolute Gasteiger partial charge is 0.454 e. The molecule has 1 atom stereocenters. The van der Waals surface area contributed by atoms with Crippen LogP contribution in [0, 0.1) is 0 Å². The van der Waals surface area contributed by atoms with Gasteiger partial charge in [0.25, 0.3) is 0 Å². The number of carbonyl (C=O) groups is 1. The molecule has 0 bridgehead atoms. The van der Waals surface area contributed by atoms with Gasteiger partial charge in [-0.2, -0.15) is 0 Å². The molecule has 5 heteroatoms. The highest BCUT2D eigenvalue weighted by Gasteiger charge is 2.19. The first kappa shape index (κ1) is 15.8. The Morgan fingerprint density at radius 2 is 2.11 bits per heavy atom. The van der Waals surface area contributed by atoms with Gasteiger partial charge in [0.15, 0.2) is 17.3 Å². The molecule has 1 unspecified atom stereocenters. The second kappa shape index (κ2) is 7.36. The summed E-state index contributed by atoms with van der Waals surface area (Å²) in [5, 5.41) is 3.23. The quantitative estimate of drug-likeness (QED) is 0.645. The lowest BCUT2D eigenvalue weighted by Gasteiger charge is -2.12. The molecule has 1 aromatic rings. The van der Waals surface area contributed by atoms with Gasteiger partial charge in [-0.25, -0.2) is 0 Å². The van der Waals surface area contributed by atoms with Crippen molar-refractivity contribution in [3.63, 3.8) is 0 Å². The summed E-state index contributed by atoms with van der Waals surface area (Å²) < 4.78 is 10.5. The molecule has 0 aromatic heterocycles. The Morgan fingerprint density at radius 3 is 2.84 bits per heavy atom. The van der Waals surface area contributed by atoms with Crippen molar-refractivity contribution >= 4 is 18.2 Å². The molecule has 1 N–H and O–H groups in total. The molecule has 0 aliphatic carbocycles. The van der Waals surface area contributed by atoms with Crippen molar-refractivity contribution in [2.24, 2.45) is 0 Å². The maximum Gasteiger partial charge on any atom is 0.231 e. The Bertz CT molecular complexity index is 437. The fraction of sp³-hybridized carbons (Fsp3) is 0.500. The second-order valence-electron chi connectivity index (χ2n) is 4.46. The van der Waals surface area contributed by atoms with Crippen LogP contribution < -0.4 is 14.8 Å². The van der Waals surface area contributed by atoms with Crippen molar-refractivity contribution < 1.29 is 14.3 Å². The van der Waals surface area contributed by atoms with E-state index in [1.165, 1.54) is 0 Å². The van der Waals surface area contributed by atoms with Crippen molar-refractivity contribution in [1.29, 1.82) is 0 Å². The van der Waals surface area contributed by atoms with E-state index in [2.05, 4.69) is 12.2 Å². The highest BCUT2D eigenvalue weighted by molar-refractivity contribution is 6.00. The van der Waals surface area contributed by atoms with Crippen LogP contribution in [0.4, 0.5) is 0 Å². The number of nitrogens with one attached hydrogen (secondary N) is 1. The van der Waals surface area contributed by atoms with Crippen LogP contribution in [0.15, 0.2) is 18.2 Å². The lowest BCUT2D eigenvalue weighted by Crippen LogP contribution is -2.34. The van der Waals surface area contributed by atoms with Crippen molar-refractivity contribution in [2.75, 3.05) is 13.3 Å². The molecule has 106 valence electrons. The SMILES string of the molecule is CCCCNC(C)C(=O)c1ccc2c(c1)OCO2.Cl. The molecule has 0 spiro atoms. The number of unbranched alkanes of at least 4 members (excludes halogenated alkanes) is 1. The fourth-order valence-electron chi connectivity index (χ4n) is 1.89. The molecular weight excluding hydrogens is 266 g/mol. The number of benzene rings is 1. The molecule has 0 fully saturated rings. The van der Waals surface area contributed by atoms with Gasteiger partial charge < -0.3 is 14.8 Å². The molecule has 0 saturated carbocycles. The number of fused-ring (bicyclic) bond motifs is 1. The number of Topliss-reactive ketones (excluding diaryl/α,β-unsaturated/α-hetero) is 1. The van der Waals surface area contributed by atoms with Gasteiger partial charge in [-0.05, 0) is 38.1 Å². The average Bonchev–Trinajstić information content (AvgIpc) is 2.85. The number of ether oxygens (including phenoxy) is 2. The summed E-state index contributed by atoms with van der Waals surface area (Å²) in [5.74, 6) is 1.45. The fourth-order valence-corrected chi connectivity index (χ4v) is 1.89. The molecule has 2 rings (SSSR count). The van der Waals surface area contributed by atoms with Crippen LogP contribution in [0.25, 0.3) is 0 Å². The van der Waals surface area contributed by atoms with Gasteiger partial charge >= 0.3 is 0 Å². The van der Waals surface area contributed by atoms with E-state index in [4.69, 9.17) is 9.47 Å². The smallest absolute Gasteiger partial charge is 0.231 e. The van der Waals surface area contributed by atoms with Crippen LogP contribution in [-0.4, -0.2) is 25.2 Å². The third kappa shape index (κ3) is 3.85. The van der Waals surface area contributed by atoms with E-state index < -0.39 is 0 Å². The molecular formula is C14H20ClNO3. The van der Waals surface area contributed by atoms with Crippen LogP contribution in [-0.2, 0) is 0 Å². The maximum atomic E-state index is 12.2. The second-order valence-corrected chi connectivity index (χ2v) is 4.46. The normalized spacial score (nSPS) is 13.8. The van der Waals surface area contributed by atoms with E-state index in [-0.39, 0.29) is 31.0 Å². The first-order valence-corrected chi connectivity index (χ1v) is 6.39. The van der Waals surface area contributed by atoms with Crippen LogP contribution in [0.3, 0.4) is 0 Å². The number of ketones is 1. The topological polar surface area (TPSA) is 47.6 Å². The first-order valence-electron chi connectivity index (χ1n) is 6.39. The molecule has 0 radical (unpaired) electrons. The Kier molecular flexibility index (Phi) is 6.12. The van der Waals surface area contributed by atoms with E-state index >= 15 is 0 Å². The lowest BCUT2D eigenvalue weighted by molar-refractivity contribution is 0.0950. The highest BCUT2D eigenvalue weighted by atomic mass is 35.5. The van der Waals surface area contributed by atoms with Gasteiger partial charge in [-0.15, -0.1) is 12.4 Å². The number of hydrogen-bond donors (Lipinski definition) is 1. The van der Waals surface area contributed by atoms with Crippen molar-refractivity contribution in [3.05, 3.63) is 23.8 Å². The lowest BCUT2D eigenvalue weighted by atomic mass is 10.0. The zero-order chi connectivity index (χ0) is 13.0. The van der Waals surface area contributed by atoms with Crippen LogP contribution >= 0.6 is 12.4 Å². The Morgan fingerprint density at radius 1 is 1.37 bits per heavy atom. The minimum atomic E-state index is -0.170. The van der Waals surface area contributed by atoms with Crippen LogP contribution in [0.2, 0.25) is 0 Å². The predicted molar refractivity (Wildman–Crippen MR) is 76.5 cm³/mol. The average molecular weight is 286 g/mol. The number of halogens is 1.